The number of allylic oxidation sites excluding steroid dienone is 2. The van der Waals surface area contributed by atoms with Gasteiger partial charge in [0.2, 0.25) is 5.91 Å². The minimum Gasteiger partial charge on any atom is -0.507 e. The molecule has 55 heavy (non-hydrogen) atoms. The van der Waals surface area contributed by atoms with E-state index in [1.165, 1.54) is 5.56 Å². The van der Waals surface area contributed by atoms with Crippen LogP contribution in [0.3, 0.4) is 0 Å². The topological polar surface area (TPSA) is 160 Å². The highest BCUT2D eigenvalue weighted by atomic mass is 16.3. The van der Waals surface area contributed by atoms with Crippen LogP contribution in [0.25, 0.3) is 10.8 Å². The molecule has 5 aliphatic rings. The summed E-state index contributed by atoms with van der Waals surface area (Å²) in [6.07, 6.45) is 10.7. The zero-order valence-corrected chi connectivity index (χ0v) is 30.5. The van der Waals surface area contributed by atoms with Crippen LogP contribution < -0.4 is 20.0 Å². The van der Waals surface area contributed by atoms with Crippen molar-refractivity contribution in [1.82, 2.24) is 15.2 Å². The Hall–Kier alpha value is -5.85. The molecule has 3 saturated heterocycles. The predicted octanol–water partition coefficient (Wildman–Crippen LogP) is 5.65. The molecule has 5 N–H and O–H groups in total. The summed E-state index contributed by atoms with van der Waals surface area (Å²) in [4.78, 5) is 38.9. The second-order valence-corrected chi connectivity index (χ2v) is 15.2. The highest BCUT2D eigenvalue weighted by molar-refractivity contribution is 6.26. The van der Waals surface area contributed by atoms with Crippen molar-refractivity contribution in [2.75, 3.05) is 40.9 Å². The summed E-state index contributed by atoms with van der Waals surface area (Å²) in [6.45, 7) is 3.87. The van der Waals surface area contributed by atoms with Crippen LogP contribution in [-0.4, -0.2) is 87.8 Å². The minimum absolute atomic E-state index is 0.0458. The molecule has 1 aromatic heterocycles. The molecule has 12 heteroatoms. The lowest BCUT2D eigenvalue weighted by molar-refractivity contribution is -0.127. The summed E-state index contributed by atoms with van der Waals surface area (Å²) in [5, 5.41) is 42.3. The van der Waals surface area contributed by atoms with Gasteiger partial charge >= 0.3 is 0 Å². The summed E-state index contributed by atoms with van der Waals surface area (Å²) >= 11 is 0. The van der Waals surface area contributed by atoms with Crippen LogP contribution in [0.4, 0.5) is 17.2 Å². The van der Waals surface area contributed by atoms with Crippen molar-refractivity contribution in [1.29, 1.82) is 10.8 Å². The van der Waals surface area contributed by atoms with Crippen molar-refractivity contribution in [2.45, 2.75) is 62.8 Å². The molecule has 2 amide bonds. The number of aliphatic hydroxyl groups is 1. The fourth-order valence-corrected chi connectivity index (χ4v) is 9.17. The molecule has 4 aromatic rings. The van der Waals surface area contributed by atoms with Gasteiger partial charge in [-0.3, -0.25) is 15.0 Å². The van der Waals surface area contributed by atoms with Crippen molar-refractivity contribution in [3.63, 3.8) is 0 Å². The third-order valence-corrected chi connectivity index (χ3v) is 12.1. The Balaban J connectivity index is 0.820. The minimum atomic E-state index is -1.11. The van der Waals surface area contributed by atoms with Gasteiger partial charge in [0.1, 0.15) is 17.8 Å². The van der Waals surface area contributed by atoms with Gasteiger partial charge in [0.05, 0.1) is 34.4 Å². The van der Waals surface area contributed by atoms with Crippen molar-refractivity contribution >= 4 is 51.2 Å². The molecule has 12 nitrogen and oxygen atoms in total. The smallest absolute Gasteiger partial charge is 0.260 e. The number of aliphatic hydroxyl groups excluding tert-OH is 1. The summed E-state index contributed by atoms with van der Waals surface area (Å²) < 4.78 is 0. The first-order chi connectivity index (χ1) is 26.7. The van der Waals surface area contributed by atoms with Gasteiger partial charge in [-0.2, -0.15) is 0 Å². The molecule has 9 rings (SSSR count). The number of pyridine rings is 1. The normalized spacial score (nSPS) is 23.0. The third kappa shape index (κ3) is 6.24. The monoisotopic (exact) mass is 736 g/mol. The van der Waals surface area contributed by atoms with E-state index in [0.29, 0.717) is 40.9 Å². The number of para-hydroxylation sites is 1. The second kappa shape index (κ2) is 14.1. The number of hydrogen-bond donors (Lipinski definition) is 5. The molecule has 2 unspecified atom stereocenters. The average molecular weight is 737 g/mol. The number of hydrogen-bond acceptors (Lipinski definition) is 10. The Kier molecular flexibility index (Phi) is 8.94. The van der Waals surface area contributed by atoms with Gasteiger partial charge in [-0.25, -0.2) is 4.98 Å². The number of benzene rings is 3. The molecule has 0 saturated carbocycles. The van der Waals surface area contributed by atoms with Crippen LogP contribution in [0.15, 0.2) is 97.0 Å². The number of carbonyl (C=O) groups is 2. The van der Waals surface area contributed by atoms with E-state index in [1.54, 1.807) is 47.5 Å². The van der Waals surface area contributed by atoms with Crippen molar-refractivity contribution in [3.8, 4) is 5.75 Å². The van der Waals surface area contributed by atoms with E-state index in [-0.39, 0.29) is 29.7 Å². The third-order valence-electron chi connectivity index (χ3n) is 12.1. The van der Waals surface area contributed by atoms with E-state index in [1.807, 2.05) is 29.3 Å². The molecule has 5 aliphatic heterocycles. The van der Waals surface area contributed by atoms with Gasteiger partial charge in [0.25, 0.3) is 5.91 Å². The number of rotatable bonds is 7. The molecule has 6 heterocycles. The number of nitrogens with one attached hydrogen (secondary N) is 3. The van der Waals surface area contributed by atoms with Crippen LogP contribution in [0, 0.1) is 10.8 Å². The highest BCUT2D eigenvalue weighted by Gasteiger charge is 2.41. The first kappa shape index (κ1) is 34.9. The largest absolute Gasteiger partial charge is 0.507 e. The highest BCUT2D eigenvalue weighted by Crippen LogP contribution is 2.43. The number of anilines is 3. The number of phenols is 1. The molecule has 0 aliphatic carbocycles. The maximum atomic E-state index is 13.6. The van der Waals surface area contributed by atoms with Crippen LogP contribution >= 0.6 is 0 Å². The maximum absolute atomic E-state index is 13.6. The van der Waals surface area contributed by atoms with Crippen molar-refractivity contribution in [2.24, 2.45) is 0 Å². The van der Waals surface area contributed by atoms with Gasteiger partial charge in [-0.1, -0.05) is 36.4 Å². The molecular formula is C43H44N8O4. The first-order valence-electron chi connectivity index (χ1n) is 19.2. The Labute approximate surface area is 319 Å². The van der Waals surface area contributed by atoms with Crippen molar-refractivity contribution in [3.05, 3.63) is 114 Å². The number of piperidine rings is 3. The molecule has 3 fully saturated rings. The molecular weight excluding hydrogens is 693 g/mol. The number of nitrogens with zero attached hydrogens (tertiary/aromatic N) is 5. The van der Waals surface area contributed by atoms with E-state index in [4.69, 9.17) is 15.8 Å². The maximum Gasteiger partial charge on any atom is 0.260 e. The lowest BCUT2D eigenvalue weighted by Gasteiger charge is -2.42. The number of carbonyl (C=O) groups excluding carboxylic acids is 2. The SMILES string of the molecule is N=C1C=CN(c2ccc(C3CCN(C4CCN(c5ncc6c7c(cccc57)N(C5CCC(=O)NC5O)C6=O)CC4)CC3)cc2)/C1=C/C(=N)c1ccccc1O. The molecule has 0 spiro atoms. The Morgan fingerprint density at radius 2 is 1.67 bits per heavy atom. The predicted molar refractivity (Wildman–Crippen MR) is 213 cm³/mol. The quantitative estimate of drug-likeness (QED) is 0.152. The summed E-state index contributed by atoms with van der Waals surface area (Å²) in [5.74, 6) is 1.03. The van der Waals surface area contributed by atoms with E-state index < -0.39 is 12.3 Å². The fraction of sp³-hybridized carbons (Fsp3) is 0.326. The van der Waals surface area contributed by atoms with Crippen molar-refractivity contribution < 1.29 is 19.8 Å². The van der Waals surface area contributed by atoms with E-state index in [0.717, 1.165) is 79.8 Å². The number of phenolic OH excluding ortho intramolecular Hbond substituents is 1. The van der Waals surface area contributed by atoms with Crippen LogP contribution in [-0.2, 0) is 4.79 Å². The van der Waals surface area contributed by atoms with Crippen LogP contribution in [0.5, 0.6) is 5.75 Å². The van der Waals surface area contributed by atoms with E-state index >= 15 is 0 Å². The van der Waals surface area contributed by atoms with Gasteiger partial charge in [-0.15, -0.1) is 0 Å². The average Bonchev–Trinajstić information content (AvgIpc) is 3.71. The fourth-order valence-electron chi connectivity index (χ4n) is 9.17. The first-order valence-corrected chi connectivity index (χ1v) is 19.2. The van der Waals surface area contributed by atoms with Crippen LogP contribution in [0.2, 0.25) is 0 Å². The lowest BCUT2D eigenvalue weighted by atomic mass is 9.88. The molecule has 0 bridgehead atoms. The van der Waals surface area contributed by atoms with Gasteiger partial charge in [0, 0.05) is 60.0 Å². The standard InChI is InChI=1S/C43H44N8O4/c44-33-18-23-50(37(33)24-34(45)30-4-1-2-7-38(30)52)29-10-8-26(9-11-29)27-14-19-48(20-15-27)28-16-21-49(22-17-28)41-31-5-3-6-35-40(31)32(25-46-41)43(55)51(35)36-12-13-39(53)47-42(36)54/h1-11,18,23-25,27-28,36,42,44-45,52,54H,12-17,19-22H2,(H,47,53)/b37-24+,44-33?,45-34?. The van der Waals surface area contributed by atoms with Gasteiger partial charge < -0.3 is 40.5 Å². The molecule has 2 atom stereocenters. The Morgan fingerprint density at radius 3 is 2.42 bits per heavy atom. The Morgan fingerprint density at radius 1 is 0.909 bits per heavy atom. The summed E-state index contributed by atoms with van der Waals surface area (Å²) in [5.41, 5.74) is 5.06. The van der Waals surface area contributed by atoms with Crippen LogP contribution in [0.1, 0.15) is 65.9 Å². The number of aromatic nitrogens is 1. The summed E-state index contributed by atoms with van der Waals surface area (Å²) in [6, 6.07) is 21.3. The lowest BCUT2D eigenvalue weighted by Crippen LogP contribution is -2.56. The Bertz CT molecular complexity index is 2270. The van der Waals surface area contributed by atoms with Gasteiger partial charge in [-0.05, 0) is 99.2 Å². The zero-order valence-electron chi connectivity index (χ0n) is 30.5. The van der Waals surface area contributed by atoms with E-state index in [2.05, 4.69) is 39.4 Å². The summed E-state index contributed by atoms with van der Waals surface area (Å²) in [7, 11) is 0. The number of likely N-dealkylation sites (tertiary alicyclic amines) is 1. The molecule has 280 valence electrons. The van der Waals surface area contributed by atoms with E-state index in [9.17, 15) is 19.8 Å². The molecule has 0 radical (unpaired) electrons. The second-order valence-electron chi connectivity index (χ2n) is 15.2. The van der Waals surface area contributed by atoms with Gasteiger partial charge in [0.15, 0.2) is 0 Å². The number of aromatic hydroxyl groups is 1. The number of amides is 2. The molecule has 3 aromatic carbocycles. The zero-order chi connectivity index (χ0) is 37.8.